The number of carbonyl (C=O) groups is 1. The summed E-state index contributed by atoms with van der Waals surface area (Å²) in [6.07, 6.45) is 5.57. The minimum absolute atomic E-state index is 0.145. The molecule has 0 aromatic heterocycles. The van der Waals surface area contributed by atoms with Crippen molar-refractivity contribution in [1.29, 1.82) is 0 Å². The van der Waals surface area contributed by atoms with Crippen molar-refractivity contribution in [1.82, 2.24) is 0 Å². The third kappa shape index (κ3) is 3.31. The molecule has 1 fully saturated rings. The number of carboxylic acid groups (broad SMARTS) is 1. The van der Waals surface area contributed by atoms with Crippen molar-refractivity contribution in [2.75, 3.05) is 0 Å². The predicted molar refractivity (Wildman–Crippen MR) is 67.8 cm³/mol. The lowest BCUT2D eigenvalue weighted by Gasteiger charge is -2.21. The average molecular weight is 250 g/mol. The lowest BCUT2D eigenvalue weighted by atomic mass is 9.83. The van der Waals surface area contributed by atoms with Crippen molar-refractivity contribution in [3.8, 4) is 0 Å². The van der Waals surface area contributed by atoms with Crippen LogP contribution >= 0.6 is 0 Å². The van der Waals surface area contributed by atoms with Gasteiger partial charge in [0.1, 0.15) is 5.82 Å². The SMILES string of the molecule is O=C(O)C1CCCCCC1Cc1cccc(F)c1. The molecule has 18 heavy (non-hydrogen) atoms. The van der Waals surface area contributed by atoms with Gasteiger partial charge in [-0.3, -0.25) is 4.79 Å². The summed E-state index contributed by atoms with van der Waals surface area (Å²) >= 11 is 0. The van der Waals surface area contributed by atoms with Gasteiger partial charge in [-0.2, -0.15) is 0 Å². The van der Waals surface area contributed by atoms with Gasteiger partial charge in [-0.15, -0.1) is 0 Å². The summed E-state index contributed by atoms with van der Waals surface area (Å²) in [6, 6.07) is 6.51. The van der Waals surface area contributed by atoms with Crippen LogP contribution in [0.25, 0.3) is 0 Å². The Labute approximate surface area is 107 Å². The Morgan fingerprint density at radius 3 is 2.78 bits per heavy atom. The van der Waals surface area contributed by atoms with Gasteiger partial charge in [-0.1, -0.05) is 31.4 Å². The molecule has 0 aliphatic heterocycles. The summed E-state index contributed by atoms with van der Waals surface area (Å²) < 4.78 is 13.1. The second kappa shape index (κ2) is 5.98. The summed E-state index contributed by atoms with van der Waals surface area (Å²) in [4.78, 5) is 11.3. The van der Waals surface area contributed by atoms with Crippen LogP contribution < -0.4 is 0 Å². The fraction of sp³-hybridized carbons (Fsp3) is 0.533. The maximum atomic E-state index is 13.1. The van der Waals surface area contributed by atoms with Gasteiger partial charge in [0.25, 0.3) is 0 Å². The van der Waals surface area contributed by atoms with E-state index in [9.17, 15) is 14.3 Å². The van der Waals surface area contributed by atoms with E-state index in [0.717, 1.165) is 37.7 Å². The molecule has 2 nitrogen and oxygen atoms in total. The van der Waals surface area contributed by atoms with E-state index in [1.165, 1.54) is 12.1 Å². The van der Waals surface area contributed by atoms with Crippen molar-refractivity contribution in [2.24, 2.45) is 11.8 Å². The number of carboxylic acids is 1. The van der Waals surface area contributed by atoms with E-state index < -0.39 is 5.97 Å². The molecule has 1 aliphatic rings. The summed E-state index contributed by atoms with van der Waals surface area (Å²) in [5.74, 6) is -1.06. The second-order valence-electron chi connectivity index (χ2n) is 5.18. The van der Waals surface area contributed by atoms with Gasteiger partial charge in [0.05, 0.1) is 5.92 Å². The first kappa shape index (κ1) is 13.1. The first-order valence-electron chi connectivity index (χ1n) is 6.64. The Morgan fingerprint density at radius 1 is 1.28 bits per heavy atom. The van der Waals surface area contributed by atoms with Gasteiger partial charge in [0.2, 0.25) is 0 Å². The molecule has 0 saturated heterocycles. The molecule has 0 amide bonds. The zero-order chi connectivity index (χ0) is 13.0. The van der Waals surface area contributed by atoms with Gasteiger partial charge in [0.15, 0.2) is 0 Å². The van der Waals surface area contributed by atoms with Gasteiger partial charge in [-0.25, -0.2) is 4.39 Å². The van der Waals surface area contributed by atoms with Crippen LogP contribution in [0.5, 0.6) is 0 Å². The summed E-state index contributed by atoms with van der Waals surface area (Å²) in [7, 11) is 0. The number of halogens is 1. The predicted octanol–water partition coefficient (Wildman–Crippen LogP) is 3.65. The van der Waals surface area contributed by atoms with Crippen molar-refractivity contribution in [3.05, 3.63) is 35.6 Å². The van der Waals surface area contributed by atoms with Gasteiger partial charge in [-0.05, 0) is 42.9 Å². The van der Waals surface area contributed by atoms with Crippen LogP contribution in [-0.4, -0.2) is 11.1 Å². The van der Waals surface area contributed by atoms with E-state index in [1.54, 1.807) is 6.07 Å². The molecule has 2 unspecified atom stereocenters. The van der Waals surface area contributed by atoms with E-state index in [0.29, 0.717) is 6.42 Å². The van der Waals surface area contributed by atoms with Crippen LogP contribution in [0.3, 0.4) is 0 Å². The molecule has 0 heterocycles. The smallest absolute Gasteiger partial charge is 0.306 e. The lowest BCUT2D eigenvalue weighted by molar-refractivity contribution is -0.143. The zero-order valence-electron chi connectivity index (χ0n) is 10.4. The maximum absolute atomic E-state index is 13.1. The quantitative estimate of drug-likeness (QED) is 0.831. The molecule has 1 aromatic rings. The highest BCUT2D eigenvalue weighted by Gasteiger charge is 2.29. The van der Waals surface area contributed by atoms with E-state index in [4.69, 9.17) is 0 Å². The molecule has 1 aromatic carbocycles. The number of benzene rings is 1. The molecule has 1 aliphatic carbocycles. The van der Waals surface area contributed by atoms with E-state index >= 15 is 0 Å². The van der Waals surface area contributed by atoms with Crippen LogP contribution in [0.4, 0.5) is 4.39 Å². The molecule has 0 spiro atoms. The van der Waals surface area contributed by atoms with Crippen LogP contribution in [0, 0.1) is 17.7 Å². The summed E-state index contributed by atoms with van der Waals surface area (Å²) in [5.41, 5.74) is 0.910. The molecule has 2 atom stereocenters. The largest absolute Gasteiger partial charge is 0.481 e. The van der Waals surface area contributed by atoms with Gasteiger partial charge < -0.3 is 5.11 Å². The Balaban J connectivity index is 2.11. The monoisotopic (exact) mass is 250 g/mol. The molecule has 98 valence electrons. The van der Waals surface area contributed by atoms with Crippen molar-refractivity contribution in [2.45, 2.75) is 38.5 Å². The van der Waals surface area contributed by atoms with Crippen molar-refractivity contribution in [3.63, 3.8) is 0 Å². The molecule has 3 heteroatoms. The molecule has 1 N–H and O–H groups in total. The van der Waals surface area contributed by atoms with E-state index in [1.807, 2.05) is 6.07 Å². The van der Waals surface area contributed by atoms with E-state index in [-0.39, 0.29) is 17.7 Å². The Hall–Kier alpha value is -1.38. The number of hydrogen-bond donors (Lipinski definition) is 1. The zero-order valence-corrected chi connectivity index (χ0v) is 10.4. The van der Waals surface area contributed by atoms with Crippen molar-refractivity contribution >= 4 is 5.97 Å². The molecule has 0 radical (unpaired) electrons. The molecular weight excluding hydrogens is 231 g/mol. The van der Waals surface area contributed by atoms with Crippen LogP contribution in [0.1, 0.15) is 37.7 Å². The third-order valence-corrected chi connectivity index (χ3v) is 3.86. The Morgan fingerprint density at radius 2 is 2.06 bits per heavy atom. The molecule has 0 bridgehead atoms. The normalized spacial score (nSPS) is 24.5. The molecular formula is C15H19FO2. The highest BCUT2D eigenvalue weighted by molar-refractivity contribution is 5.70. The second-order valence-corrected chi connectivity index (χ2v) is 5.18. The van der Waals surface area contributed by atoms with Crippen LogP contribution in [-0.2, 0) is 11.2 Å². The maximum Gasteiger partial charge on any atom is 0.306 e. The lowest BCUT2D eigenvalue weighted by Crippen LogP contribution is -2.24. The Bertz CT molecular complexity index is 417. The van der Waals surface area contributed by atoms with Gasteiger partial charge >= 0.3 is 5.97 Å². The van der Waals surface area contributed by atoms with E-state index in [2.05, 4.69) is 0 Å². The minimum Gasteiger partial charge on any atom is -0.481 e. The number of rotatable bonds is 3. The topological polar surface area (TPSA) is 37.3 Å². The summed E-state index contributed by atoms with van der Waals surface area (Å²) in [5, 5.41) is 9.29. The highest BCUT2D eigenvalue weighted by Crippen LogP contribution is 2.31. The van der Waals surface area contributed by atoms with Crippen LogP contribution in [0.15, 0.2) is 24.3 Å². The fourth-order valence-corrected chi connectivity index (χ4v) is 2.92. The average Bonchev–Trinajstić information content (AvgIpc) is 2.54. The first-order valence-corrected chi connectivity index (χ1v) is 6.64. The van der Waals surface area contributed by atoms with Crippen LogP contribution in [0.2, 0.25) is 0 Å². The first-order chi connectivity index (χ1) is 8.66. The number of hydrogen-bond acceptors (Lipinski definition) is 1. The van der Waals surface area contributed by atoms with Crippen molar-refractivity contribution < 1.29 is 14.3 Å². The summed E-state index contributed by atoms with van der Waals surface area (Å²) in [6.45, 7) is 0. The minimum atomic E-state index is -0.696. The van der Waals surface area contributed by atoms with Gasteiger partial charge in [0, 0.05) is 0 Å². The highest BCUT2D eigenvalue weighted by atomic mass is 19.1. The number of aliphatic carboxylic acids is 1. The molecule has 1 saturated carbocycles. The molecule has 2 rings (SSSR count). The third-order valence-electron chi connectivity index (χ3n) is 3.86. The Kier molecular flexibility index (Phi) is 4.34. The fourth-order valence-electron chi connectivity index (χ4n) is 2.92. The standard InChI is InChI=1S/C15H19FO2/c16-13-7-4-5-11(10-13)9-12-6-2-1-3-8-14(12)15(17)18/h4-5,7,10,12,14H,1-3,6,8-9H2,(H,17,18).